The molecule has 2 heterocycles. The van der Waals surface area contributed by atoms with Crippen LogP contribution in [0.1, 0.15) is 36.8 Å². The molecule has 9 nitrogen and oxygen atoms in total. The normalized spacial score (nSPS) is 15.0. The average molecular weight is 500 g/mol. The summed E-state index contributed by atoms with van der Waals surface area (Å²) >= 11 is 0. The molecule has 0 radical (unpaired) electrons. The standard InChI is InChI=1S/C24H26FN5O4S/c1-24(2,3)20-14-21(30(28-20)18-8-6-17(25)7-9-18)27-23(32)16-4-10-19(11-5-16)35(33,34)29-13-12-26-22(31)15-29/h4-11,14H,12-13,15H2,1-3H3,(H,26,31)(H,27,32). The van der Waals surface area contributed by atoms with Crippen molar-refractivity contribution in [2.45, 2.75) is 31.1 Å². The van der Waals surface area contributed by atoms with E-state index in [4.69, 9.17) is 0 Å². The number of hydrogen-bond acceptors (Lipinski definition) is 5. The molecule has 0 spiro atoms. The molecular weight excluding hydrogens is 473 g/mol. The third kappa shape index (κ3) is 5.25. The van der Waals surface area contributed by atoms with Gasteiger partial charge in [0.15, 0.2) is 0 Å². The number of piperazine rings is 1. The lowest BCUT2D eigenvalue weighted by atomic mass is 9.92. The molecule has 0 saturated carbocycles. The minimum atomic E-state index is -3.86. The Hall–Kier alpha value is -3.57. The number of hydrogen-bond donors (Lipinski definition) is 2. The van der Waals surface area contributed by atoms with Crippen molar-refractivity contribution in [1.82, 2.24) is 19.4 Å². The fourth-order valence-electron chi connectivity index (χ4n) is 3.55. The molecule has 0 bridgehead atoms. The summed E-state index contributed by atoms with van der Waals surface area (Å²) in [5.74, 6) is -0.816. The van der Waals surface area contributed by atoms with Gasteiger partial charge in [0.25, 0.3) is 5.91 Å². The molecule has 0 aliphatic carbocycles. The van der Waals surface area contributed by atoms with Crippen LogP contribution in [0.2, 0.25) is 0 Å². The van der Waals surface area contributed by atoms with E-state index in [2.05, 4.69) is 15.7 Å². The topological polar surface area (TPSA) is 113 Å². The number of carbonyl (C=O) groups excluding carboxylic acids is 2. The van der Waals surface area contributed by atoms with E-state index >= 15 is 0 Å². The van der Waals surface area contributed by atoms with Gasteiger partial charge in [0.1, 0.15) is 11.6 Å². The minimum absolute atomic E-state index is 0.00452. The van der Waals surface area contributed by atoms with Crippen molar-refractivity contribution in [3.05, 3.63) is 71.7 Å². The summed E-state index contributed by atoms with van der Waals surface area (Å²) in [5.41, 5.74) is 1.24. The monoisotopic (exact) mass is 499 g/mol. The van der Waals surface area contributed by atoms with E-state index in [9.17, 15) is 22.4 Å². The van der Waals surface area contributed by atoms with E-state index < -0.39 is 15.9 Å². The number of sulfonamides is 1. The lowest BCUT2D eigenvalue weighted by molar-refractivity contribution is -0.122. The first kappa shape index (κ1) is 24.6. The summed E-state index contributed by atoms with van der Waals surface area (Å²) in [4.78, 5) is 24.6. The molecule has 4 rings (SSSR count). The fraction of sp³-hybridized carbons (Fsp3) is 0.292. The van der Waals surface area contributed by atoms with E-state index in [0.29, 0.717) is 11.5 Å². The molecule has 35 heavy (non-hydrogen) atoms. The Balaban J connectivity index is 1.58. The summed E-state index contributed by atoms with van der Waals surface area (Å²) in [6.07, 6.45) is 0. The highest BCUT2D eigenvalue weighted by Crippen LogP contribution is 2.27. The Kier molecular flexibility index (Phi) is 6.48. The Bertz CT molecular complexity index is 1360. The van der Waals surface area contributed by atoms with E-state index in [1.54, 1.807) is 18.2 Å². The van der Waals surface area contributed by atoms with Crippen molar-refractivity contribution in [3.63, 3.8) is 0 Å². The number of nitrogens with one attached hydrogen (secondary N) is 2. The fourth-order valence-corrected chi connectivity index (χ4v) is 4.95. The van der Waals surface area contributed by atoms with Crippen LogP contribution in [0.4, 0.5) is 10.2 Å². The van der Waals surface area contributed by atoms with Gasteiger partial charge in [-0.15, -0.1) is 0 Å². The van der Waals surface area contributed by atoms with Gasteiger partial charge in [-0.05, 0) is 48.5 Å². The summed E-state index contributed by atoms with van der Waals surface area (Å²) in [6, 6.07) is 13.0. The Morgan fingerprint density at radius 3 is 2.34 bits per heavy atom. The van der Waals surface area contributed by atoms with Crippen molar-refractivity contribution in [1.29, 1.82) is 0 Å². The predicted molar refractivity (Wildman–Crippen MR) is 128 cm³/mol. The van der Waals surface area contributed by atoms with E-state index in [1.165, 1.54) is 41.1 Å². The summed E-state index contributed by atoms with van der Waals surface area (Å²) < 4.78 is 41.7. The highest BCUT2D eigenvalue weighted by molar-refractivity contribution is 7.89. The second kappa shape index (κ2) is 9.23. The Morgan fingerprint density at radius 1 is 1.09 bits per heavy atom. The molecule has 1 aliphatic heterocycles. The average Bonchev–Trinajstić information content (AvgIpc) is 3.24. The Labute approximate surface area is 203 Å². The van der Waals surface area contributed by atoms with E-state index in [-0.39, 0.29) is 47.2 Å². The molecule has 1 aromatic heterocycles. The van der Waals surface area contributed by atoms with Gasteiger partial charge in [-0.3, -0.25) is 9.59 Å². The first-order valence-electron chi connectivity index (χ1n) is 11.0. The smallest absolute Gasteiger partial charge is 0.256 e. The quantitative estimate of drug-likeness (QED) is 0.560. The maximum atomic E-state index is 13.4. The third-order valence-corrected chi connectivity index (χ3v) is 7.41. The Morgan fingerprint density at radius 2 is 1.74 bits per heavy atom. The maximum Gasteiger partial charge on any atom is 0.256 e. The SMILES string of the molecule is CC(C)(C)c1cc(NC(=O)c2ccc(S(=O)(=O)N3CCNC(=O)C3)cc2)n(-c2ccc(F)cc2)n1. The van der Waals surface area contributed by atoms with Crippen LogP contribution < -0.4 is 10.6 Å². The van der Waals surface area contributed by atoms with Crippen molar-refractivity contribution in [2.75, 3.05) is 25.0 Å². The van der Waals surface area contributed by atoms with Gasteiger partial charge in [-0.25, -0.2) is 17.5 Å². The summed E-state index contributed by atoms with van der Waals surface area (Å²) in [5, 5.41) is 10.00. The van der Waals surface area contributed by atoms with E-state index in [0.717, 1.165) is 10.00 Å². The number of halogens is 1. The lowest BCUT2D eigenvalue weighted by Crippen LogP contribution is -2.49. The second-order valence-corrected chi connectivity index (χ2v) is 11.2. The minimum Gasteiger partial charge on any atom is -0.354 e. The van der Waals surface area contributed by atoms with Crippen LogP contribution in [-0.2, 0) is 20.2 Å². The van der Waals surface area contributed by atoms with Gasteiger partial charge < -0.3 is 10.6 Å². The highest BCUT2D eigenvalue weighted by atomic mass is 32.2. The molecule has 2 aromatic carbocycles. The van der Waals surface area contributed by atoms with Crippen molar-refractivity contribution in [2.24, 2.45) is 0 Å². The van der Waals surface area contributed by atoms with Crippen LogP contribution in [0.5, 0.6) is 0 Å². The van der Waals surface area contributed by atoms with Crippen LogP contribution in [0, 0.1) is 5.82 Å². The van der Waals surface area contributed by atoms with Gasteiger partial charge in [-0.1, -0.05) is 20.8 Å². The van der Waals surface area contributed by atoms with Crippen molar-refractivity contribution >= 4 is 27.7 Å². The molecular formula is C24H26FN5O4S. The van der Waals surface area contributed by atoms with Crippen molar-refractivity contribution < 1.29 is 22.4 Å². The molecule has 2 amide bonds. The van der Waals surface area contributed by atoms with Crippen LogP contribution in [0.3, 0.4) is 0 Å². The van der Waals surface area contributed by atoms with Gasteiger partial charge in [-0.2, -0.15) is 9.40 Å². The number of rotatable bonds is 5. The van der Waals surface area contributed by atoms with Crippen LogP contribution in [-0.4, -0.2) is 54.0 Å². The van der Waals surface area contributed by atoms with Crippen molar-refractivity contribution in [3.8, 4) is 5.69 Å². The highest BCUT2D eigenvalue weighted by Gasteiger charge is 2.29. The zero-order valence-corrected chi connectivity index (χ0v) is 20.4. The molecule has 0 unspecified atom stereocenters. The molecule has 1 fully saturated rings. The lowest BCUT2D eigenvalue weighted by Gasteiger charge is -2.25. The summed E-state index contributed by atoms with van der Waals surface area (Å²) in [7, 11) is -3.86. The van der Waals surface area contributed by atoms with Gasteiger partial charge in [0.05, 0.1) is 22.8 Å². The molecule has 0 atom stereocenters. The third-order valence-electron chi connectivity index (χ3n) is 5.55. The first-order chi connectivity index (χ1) is 16.4. The predicted octanol–water partition coefficient (Wildman–Crippen LogP) is 2.68. The molecule has 1 aliphatic rings. The number of anilines is 1. The zero-order chi connectivity index (χ0) is 25.4. The van der Waals surface area contributed by atoms with Crippen LogP contribution >= 0.6 is 0 Å². The summed E-state index contributed by atoms with van der Waals surface area (Å²) in [6.45, 7) is 6.15. The number of amides is 2. The molecule has 1 saturated heterocycles. The largest absolute Gasteiger partial charge is 0.354 e. The number of benzene rings is 2. The molecule has 184 valence electrons. The van der Waals surface area contributed by atoms with Gasteiger partial charge in [0, 0.05) is 30.1 Å². The number of aromatic nitrogens is 2. The number of nitrogens with zero attached hydrogens (tertiary/aromatic N) is 3. The maximum absolute atomic E-state index is 13.4. The van der Waals surface area contributed by atoms with Crippen LogP contribution in [0.25, 0.3) is 5.69 Å². The zero-order valence-electron chi connectivity index (χ0n) is 19.6. The van der Waals surface area contributed by atoms with Crippen LogP contribution in [0.15, 0.2) is 59.5 Å². The first-order valence-corrected chi connectivity index (χ1v) is 12.4. The molecule has 2 N–H and O–H groups in total. The second-order valence-electron chi connectivity index (χ2n) is 9.22. The van der Waals surface area contributed by atoms with Gasteiger partial charge >= 0.3 is 0 Å². The molecule has 3 aromatic rings. The number of carbonyl (C=O) groups is 2. The van der Waals surface area contributed by atoms with E-state index in [1.807, 2.05) is 20.8 Å². The molecule has 11 heteroatoms. The van der Waals surface area contributed by atoms with Gasteiger partial charge in [0.2, 0.25) is 15.9 Å².